The first-order valence-electron chi connectivity index (χ1n) is 10.3. The molecule has 0 spiro atoms. The van der Waals surface area contributed by atoms with Crippen LogP contribution in [0.15, 0.2) is 36.4 Å². The van der Waals surface area contributed by atoms with Crippen molar-refractivity contribution >= 4 is 92.4 Å². The van der Waals surface area contributed by atoms with E-state index in [2.05, 4.69) is 21.3 Å². The zero-order valence-corrected chi connectivity index (χ0v) is 21.8. The Morgan fingerprint density at radius 1 is 0.719 bits per heavy atom. The molecule has 1 aliphatic carbocycles. The minimum Gasteiger partial charge on any atom is -0.362 e. The molecule has 2 aromatic carbocycles. The van der Waals surface area contributed by atoms with E-state index in [9.17, 15) is 0 Å². The van der Waals surface area contributed by atoms with Crippen LogP contribution in [0.1, 0.15) is 25.7 Å². The fraction of sp³-hybridized carbons (Fsp3) is 0.364. The van der Waals surface area contributed by atoms with E-state index in [0.717, 1.165) is 30.9 Å². The van der Waals surface area contributed by atoms with Crippen LogP contribution in [0.2, 0.25) is 20.1 Å². The molecule has 0 aromatic heterocycles. The molecule has 10 heteroatoms. The maximum Gasteiger partial charge on any atom is 0.170 e. The van der Waals surface area contributed by atoms with Gasteiger partial charge in [-0.25, -0.2) is 0 Å². The number of anilines is 2. The van der Waals surface area contributed by atoms with Crippen molar-refractivity contribution in [3.05, 3.63) is 56.5 Å². The summed E-state index contributed by atoms with van der Waals surface area (Å²) in [5, 5.41) is 16.1. The number of hydrogen-bond donors (Lipinski definition) is 4. The van der Waals surface area contributed by atoms with E-state index in [4.69, 9.17) is 70.8 Å². The Morgan fingerprint density at radius 2 is 1.16 bits per heavy atom. The Morgan fingerprint density at radius 3 is 1.56 bits per heavy atom. The third kappa shape index (κ3) is 8.08. The van der Waals surface area contributed by atoms with Crippen molar-refractivity contribution in [2.45, 2.75) is 25.7 Å². The monoisotopic (exact) mass is 548 g/mol. The average molecular weight is 550 g/mol. The van der Waals surface area contributed by atoms with Gasteiger partial charge in [-0.3, -0.25) is 0 Å². The lowest BCUT2D eigenvalue weighted by Crippen LogP contribution is -2.38. The van der Waals surface area contributed by atoms with Gasteiger partial charge in [0.05, 0.1) is 20.1 Å². The second-order valence-electron chi connectivity index (χ2n) is 7.83. The highest BCUT2D eigenvalue weighted by atomic mass is 35.5. The fourth-order valence-electron chi connectivity index (χ4n) is 3.75. The predicted molar refractivity (Wildman–Crippen MR) is 147 cm³/mol. The molecule has 1 fully saturated rings. The summed E-state index contributed by atoms with van der Waals surface area (Å²) in [4.78, 5) is 0. The van der Waals surface area contributed by atoms with Gasteiger partial charge in [-0.2, -0.15) is 0 Å². The summed E-state index contributed by atoms with van der Waals surface area (Å²) in [7, 11) is 0. The molecule has 32 heavy (non-hydrogen) atoms. The van der Waals surface area contributed by atoms with E-state index < -0.39 is 0 Å². The predicted octanol–water partition coefficient (Wildman–Crippen LogP) is 7.38. The Hall–Kier alpha value is -1.02. The number of nitrogens with one attached hydrogen (secondary N) is 4. The Labute approximate surface area is 219 Å². The lowest BCUT2D eigenvalue weighted by atomic mass is 9.81. The number of thiocarbonyl (C=S) groups is 2. The number of benzene rings is 2. The highest BCUT2D eigenvalue weighted by molar-refractivity contribution is 7.80. The van der Waals surface area contributed by atoms with E-state index in [1.807, 2.05) is 12.1 Å². The third-order valence-electron chi connectivity index (χ3n) is 5.35. The van der Waals surface area contributed by atoms with Crippen LogP contribution in [0.3, 0.4) is 0 Å². The Bertz CT molecular complexity index is 897. The molecule has 4 N–H and O–H groups in total. The van der Waals surface area contributed by atoms with Gasteiger partial charge in [0, 0.05) is 24.5 Å². The largest absolute Gasteiger partial charge is 0.362 e. The molecule has 4 nitrogen and oxygen atoms in total. The first kappa shape index (κ1) is 25.6. The highest BCUT2D eigenvalue weighted by Gasteiger charge is 2.22. The van der Waals surface area contributed by atoms with E-state index >= 15 is 0 Å². The summed E-state index contributed by atoms with van der Waals surface area (Å²) in [6, 6.07) is 10.7. The van der Waals surface area contributed by atoms with E-state index in [0.29, 0.717) is 42.2 Å². The standard InChI is InChI=1S/C22H24Cl4N4S2/c23-17-6-4-15(9-19(17)25)29-21(31)27-11-13-2-1-3-14(8-13)12-28-22(32)30-16-5-7-18(24)20(26)10-16/h4-7,9-10,13-14H,1-3,8,11-12H2,(H2,27,29,31)(H2,28,30,32). The molecule has 3 rings (SSSR count). The molecule has 0 amide bonds. The summed E-state index contributed by atoms with van der Waals surface area (Å²) < 4.78 is 0. The van der Waals surface area contributed by atoms with Crippen LogP contribution >= 0.6 is 70.8 Å². The summed E-state index contributed by atoms with van der Waals surface area (Å²) in [6.45, 7) is 1.66. The van der Waals surface area contributed by atoms with Crippen molar-refractivity contribution < 1.29 is 0 Å². The molecule has 172 valence electrons. The van der Waals surface area contributed by atoms with Crippen LogP contribution in [0.5, 0.6) is 0 Å². The zero-order valence-electron chi connectivity index (χ0n) is 17.2. The second kappa shape index (κ2) is 12.4. The molecule has 0 aliphatic heterocycles. The van der Waals surface area contributed by atoms with E-state index in [-0.39, 0.29) is 0 Å². The van der Waals surface area contributed by atoms with Gasteiger partial charge in [-0.15, -0.1) is 0 Å². The van der Waals surface area contributed by atoms with Crippen molar-refractivity contribution in [3.63, 3.8) is 0 Å². The van der Waals surface area contributed by atoms with E-state index in [1.54, 1.807) is 24.3 Å². The van der Waals surface area contributed by atoms with Gasteiger partial charge in [0.25, 0.3) is 0 Å². The summed E-state index contributed by atoms with van der Waals surface area (Å²) in [6.07, 6.45) is 4.68. The lowest BCUT2D eigenvalue weighted by Gasteiger charge is -2.30. The Balaban J connectivity index is 1.38. The van der Waals surface area contributed by atoms with Crippen LogP contribution in [-0.4, -0.2) is 23.3 Å². The van der Waals surface area contributed by atoms with Gasteiger partial charge in [-0.1, -0.05) is 52.8 Å². The molecular formula is C22H24Cl4N4S2. The molecule has 0 saturated heterocycles. The molecule has 2 atom stereocenters. The summed E-state index contributed by atoms with van der Waals surface area (Å²) in [5.41, 5.74) is 1.62. The first-order valence-corrected chi connectivity index (χ1v) is 12.6. The van der Waals surface area contributed by atoms with Crippen molar-refractivity contribution in [2.24, 2.45) is 11.8 Å². The molecule has 1 saturated carbocycles. The van der Waals surface area contributed by atoms with Crippen molar-refractivity contribution in [1.82, 2.24) is 10.6 Å². The van der Waals surface area contributed by atoms with Gasteiger partial charge in [0.2, 0.25) is 0 Å². The summed E-state index contributed by atoms with van der Waals surface area (Å²) in [5.74, 6) is 1.11. The maximum atomic E-state index is 6.06. The van der Waals surface area contributed by atoms with Gasteiger partial charge in [-0.05, 0) is 91.9 Å². The number of hydrogen-bond acceptors (Lipinski definition) is 2. The number of halogens is 4. The summed E-state index contributed by atoms with van der Waals surface area (Å²) >= 11 is 34.9. The molecule has 1 aliphatic rings. The SMILES string of the molecule is S=C(NCC1CCCC(CNC(=S)Nc2ccc(Cl)c(Cl)c2)C1)Nc1ccc(Cl)c(Cl)c1. The van der Waals surface area contributed by atoms with Gasteiger partial charge >= 0.3 is 0 Å². The minimum absolute atomic E-state index is 0.494. The van der Waals surface area contributed by atoms with E-state index in [1.165, 1.54) is 19.3 Å². The van der Waals surface area contributed by atoms with Gasteiger partial charge in [0.1, 0.15) is 0 Å². The number of rotatable bonds is 6. The highest BCUT2D eigenvalue weighted by Crippen LogP contribution is 2.29. The lowest BCUT2D eigenvalue weighted by molar-refractivity contribution is 0.267. The quantitative estimate of drug-likeness (QED) is 0.282. The van der Waals surface area contributed by atoms with Crippen LogP contribution in [0.4, 0.5) is 11.4 Å². The normalized spacial score (nSPS) is 18.0. The fourth-order valence-corrected chi connectivity index (χ4v) is 4.74. The average Bonchev–Trinajstić information content (AvgIpc) is 2.76. The molecule has 2 aromatic rings. The Kier molecular flexibility index (Phi) is 9.96. The zero-order chi connectivity index (χ0) is 23.1. The molecule has 2 unspecified atom stereocenters. The van der Waals surface area contributed by atoms with Crippen LogP contribution < -0.4 is 21.3 Å². The van der Waals surface area contributed by atoms with Crippen molar-refractivity contribution in [3.8, 4) is 0 Å². The second-order valence-corrected chi connectivity index (χ2v) is 10.3. The van der Waals surface area contributed by atoms with Crippen molar-refractivity contribution in [2.75, 3.05) is 23.7 Å². The topological polar surface area (TPSA) is 48.1 Å². The van der Waals surface area contributed by atoms with Gasteiger partial charge in [0.15, 0.2) is 10.2 Å². The third-order valence-corrected chi connectivity index (χ3v) is 7.32. The first-order chi connectivity index (χ1) is 15.3. The smallest absolute Gasteiger partial charge is 0.170 e. The van der Waals surface area contributed by atoms with Crippen LogP contribution in [0.25, 0.3) is 0 Å². The maximum absolute atomic E-state index is 6.06. The van der Waals surface area contributed by atoms with Crippen LogP contribution in [-0.2, 0) is 0 Å². The van der Waals surface area contributed by atoms with Gasteiger partial charge < -0.3 is 21.3 Å². The van der Waals surface area contributed by atoms with Crippen LogP contribution in [0, 0.1) is 11.8 Å². The minimum atomic E-state index is 0.494. The van der Waals surface area contributed by atoms with Crippen molar-refractivity contribution in [1.29, 1.82) is 0 Å². The molecule has 0 heterocycles. The molecule has 0 bridgehead atoms. The molecule has 0 radical (unpaired) electrons. The molecular weight excluding hydrogens is 526 g/mol.